The Morgan fingerprint density at radius 2 is 2.32 bits per heavy atom. The van der Waals surface area contributed by atoms with Crippen LogP contribution in [0.4, 0.5) is 4.39 Å². The van der Waals surface area contributed by atoms with Crippen molar-refractivity contribution in [2.24, 2.45) is 0 Å². The number of methoxy groups -OCH3 is 1. The lowest BCUT2D eigenvalue weighted by molar-refractivity contribution is 0.409. The van der Waals surface area contributed by atoms with Crippen molar-refractivity contribution in [3.63, 3.8) is 0 Å². The molecular weight excluding hydrogens is 249 g/mol. The molecule has 1 fully saturated rings. The summed E-state index contributed by atoms with van der Waals surface area (Å²) < 4.78 is 20.1. The molecule has 2 aromatic rings. The quantitative estimate of drug-likeness (QED) is 0.874. The zero-order valence-corrected chi connectivity index (χ0v) is 10.5. The zero-order chi connectivity index (χ0) is 13.2. The van der Waals surface area contributed by atoms with Crippen molar-refractivity contribution in [3.05, 3.63) is 29.8 Å². The summed E-state index contributed by atoms with van der Waals surface area (Å²) in [6.07, 6.45) is 2.37. The molecule has 0 unspecified atom stereocenters. The highest BCUT2D eigenvalue weighted by molar-refractivity contribution is 5.46. The van der Waals surface area contributed by atoms with Gasteiger partial charge in [0.1, 0.15) is 17.3 Å². The Labute approximate surface area is 109 Å². The van der Waals surface area contributed by atoms with E-state index in [-0.39, 0.29) is 5.82 Å². The first-order valence-corrected chi connectivity index (χ1v) is 6.12. The summed E-state index contributed by atoms with van der Waals surface area (Å²) in [5.74, 6) is 0.810. The minimum Gasteiger partial charge on any atom is -0.494 e. The smallest absolute Gasteiger partial charge is 0.170 e. The molecule has 0 radical (unpaired) electrons. The van der Waals surface area contributed by atoms with Crippen LogP contribution in [0.1, 0.15) is 18.7 Å². The van der Waals surface area contributed by atoms with Crippen molar-refractivity contribution in [3.8, 4) is 11.4 Å². The van der Waals surface area contributed by atoms with E-state index in [1.165, 1.54) is 36.8 Å². The van der Waals surface area contributed by atoms with E-state index in [4.69, 9.17) is 4.74 Å². The molecule has 1 aromatic carbocycles. The monoisotopic (exact) mass is 263 g/mol. The lowest BCUT2D eigenvalue weighted by Gasteiger charge is -2.10. The highest BCUT2D eigenvalue weighted by atomic mass is 19.1. The van der Waals surface area contributed by atoms with Gasteiger partial charge in [-0.2, -0.15) is 4.68 Å². The van der Waals surface area contributed by atoms with E-state index in [9.17, 15) is 4.39 Å². The van der Waals surface area contributed by atoms with Gasteiger partial charge in [0.25, 0.3) is 0 Å². The van der Waals surface area contributed by atoms with E-state index in [0.717, 1.165) is 0 Å². The van der Waals surface area contributed by atoms with Gasteiger partial charge in [0.15, 0.2) is 5.82 Å². The zero-order valence-electron chi connectivity index (χ0n) is 10.5. The highest BCUT2D eigenvalue weighted by Gasteiger charge is 2.22. The number of ether oxygens (including phenoxy) is 1. The summed E-state index contributed by atoms with van der Waals surface area (Å²) in [5.41, 5.74) is 0.500. The Morgan fingerprint density at radius 1 is 1.47 bits per heavy atom. The predicted octanol–water partition coefficient (Wildman–Crippen LogP) is 1.06. The molecule has 1 saturated carbocycles. The number of nitrogens with one attached hydrogen (secondary N) is 1. The maximum atomic E-state index is 13.4. The largest absolute Gasteiger partial charge is 0.494 e. The molecule has 1 aliphatic rings. The van der Waals surface area contributed by atoms with Crippen LogP contribution in [-0.2, 0) is 6.54 Å². The van der Waals surface area contributed by atoms with Gasteiger partial charge in [0, 0.05) is 12.1 Å². The Hall–Kier alpha value is -2.02. The van der Waals surface area contributed by atoms with Crippen molar-refractivity contribution < 1.29 is 9.13 Å². The Balaban J connectivity index is 1.92. The van der Waals surface area contributed by atoms with Gasteiger partial charge in [-0.3, -0.25) is 0 Å². The van der Waals surface area contributed by atoms with Gasteiger partial charge in [-0.1, -0.05) is 0 Å². The van der Waals surface area contributed by atoms with Gasteiger partial charge in [0.2, 0.25) is 0 Å². The van der Waals surface area contributed by atoms with Crippen LogP contribution >= 0.6 is 0 Å². The number of tetrazole rings is 1. The summed E-state index contributed by atoms with van der Waals surface area (Å²) in [6, 6.07) is 4.81. The van der Waals surface area contributed by atoms with Gasteiger partial charge >= 0.3 is 0 Å². The van der Waals surface area contributed by atoms with E-state index in [0.29, 0.717) is 29.8 Å². The predicted molar refractivity (Wildman–Crippen MR) is 65.5 cm³/mol. The molecular formula is C12H14FN5O. The first kappa shape index (κ1) is 12.0. The number of aromatic nitrogens is 4. The summed E-state index contributed by atoms with van der Waals surface area (Å²) in [7, 11) is 1.53. The Kier molecular flexibility index (Phi) is 3.12. The topological polar surface area (TPSA) is 64.9 Å². The minimum absolute atomic E-state index is 0.354. The van der Waals surface area contributed by atoms with Crippen LogP contribution in [-0.4, -0.2) is 33.4 Å². The molecule has 0 atom stereocenters. The van der Waals surface area contributed by atoms with Crippen molar-refractivity contribution in [1.82, 2.24) is 25.5 Å². The standard InChI is InChI=1S/C12H14FN5O/c1-19-11-5-2-8(13)6-10(11)18-12(15-16-17-18)7-14-9-3-4-9/h2,5-6,9,14H,3-4,7H2,1H3. The molecule has 0 amide bonds. The Morgan fingerprint density at radius 3 is 3.05 bits per heavy atom. The third-order valence-electron chi connectivity index (χ3n) is 3.03. The van der Waals surface area contributed by atoms with Crippen molar-refractivity contribution in [2.75, 3.05) is 7.11 Å². The van der Waals surface area contributed by atoms with Crippen LogP contribution < -0.4 is 10.1 Å². The fourth-order valence-corrected chi connectivity index (χ4v) is 1.85. The molecule has 19 heavy (non-hydrogen) atoms. The third kappa shape index (κ3) is 2.55. The molecule has 6 nitrogen and oxygen atoms in total. The molecule has 7 heteroatoms. The molecule has 100 valence electrons. The Bertz CT molecular complexity index is 581. The normalized spacial score (nSPS) is 14.6. The summed E-state index contributed by atoms with van der Waals surface area (Å²) in [5, 5.41) is 14.8. The van der Waals surface area contributed by atoms with E-state index in [1.807, 2.05) is 0 Å². The van der Waals surface area contributed by atoms with E-state index in [1.54, 1.807) is 6.07 Å². The number of benzene rings is 1. The van der Waals surface area contributed by atoms with Gasteiger partial charge in [-0.05, 0) is 35.4 Å². The third-order valence-corrected chi connectivity index (χ3v) is 3.03. The van der Waals surface area contributed by atoms with Crippen molar-refractivity contribution in [1.29, 1.82) is 0 Å². The van der Waals surface area contributed by atoms with E-state index in [2.05, 4.69) is 20.8 Å². The molecule has 1 aromatic heterocycles. The van der Waals surface area contributed by atoms with Crippen molar-refractivity contribution >= 4 is 0 Å². The molecule has 0 bridgehead atoms. The fraction of sp³-hybridized carbons (Fsp3) is 0.417. The second-order valence-electron chi connectivity index (χ2n) is 4.48. The van der Waals surface area contributed by atoms with Crippen LogP contribution in [0.5, 0.6) is 5.75 Å². The van der Waals surface area contributed by atoms with Crippen LogP contribution in [0.15, 0.2) is 18.2 Å². The van der Waals surface area contributed by atoms with Crippen LogP contribution in [0.3, 0.4) is 0 Å². The molecule has 1 aliphatic carbocycles. The summed E-state index contributed by atoms with van der Waals surface area (Å²) >= 11 is 0. The van der Waals surface area contributed by atoms with Crippen LogP contribution in [0, 0.1) is 5.82 Å². The van der Waals surface area contributed by atoms with Crippen molar-refractivity contribution in [2.45, 2.75) is 25.4 Å². The lowest BCUT2D eigenvalue weighted by atomic mass is 10.3. The first-order valence-electron chi connectivity index (χ1n) is 6.12. The fourth-order valence-electron chi connectivity index (χ4n) is 1.85. The van der Waals surface area contributed by atoms with E-state index >= 15 is 0 Å². The number of hydrogen-bond donors (Lipinski definition) is 1. The number of nitrogens with zero attached hydrogens (tertiary/aromatic N) is 4. The summed E-state index contributed by atoms with van der Waals surface area (Å²) in [6.45, 7) is 0.553. The van der Waals surface area contributed by atoms with E-state index < -0.39 is 0 Å². The van der Waals surface area contributed by atoms with Gasteiger partial charge in [0.05, 0.1) is 13.7 Å². The lowest BCUT2D eigenvalue weighted by Crippen LogP contribution is -2.19. The maximum Gasteiger partial charge on any atom is 0.170 e. The molecule has 3 rings (SSSR count). The number of rotatable bonds is 5. The molecule has 0 spiro atoms. The molecule has 0 aliphatic heterocycles. The van der Waals surface area contributed by atoms with Crippen LogP contribution in [0.25, 0.3) is 5.69 Å². The summed E-state index contributed by atoms with van der Waals surface area (Å²) in [4.78, 5) is 0. The average molecular weight is 263 g/mol. The number of halogens is 1. The molecule has 1 heterocycles. The SMILES string of the molecule is COc1ccc(F)cc1-n1nnnc1CNC1CC1. The van der Waals surface area contributed by atoms with Gasteiger partial charge in [-0.15, -0.1) is 5.10 Å². The van der Waals surface area contributed by atoms with Gasteiger partial charge in [-0.25, -0.2) is 4.39 Å². The maximum absolute atomic E-state index is 13.4. The highest BCUT2D eigenvalue weighted by Crippen LogP contribution is 2.24. The van der Waals surface area contributed by atoms with Gasteiger partial charge < -0.3 is 10.1 Å². The first-order chi connectivity index (χ1) is 9.28. The average Bonchev–Trinajstić information content (AvgIpc) is 3.13. The number of hydrogen-bond acceptors (Lipinski definition) is 5. The van der Waals surface area contributed by atoms with Crippen LogP contribution in [0.2, 0.25) is 0 Å². The minimum atomic E-state index is -0.354. The second-order valence-corrected chi connectivity index (χ2v) is 4.48. The second kappa shape index (κ2) is 4.93. The molecule has 0 saturated heterocycles. The molecule has 1 N–H and O–H groups in total.